The number of halogens is 2. The van der Waals surface area contributed by atoms with E-state index >= 15 is 0 Å². The van der Waals surface area contributed by atoms with Gasteiger partial charge in [0.05, 0.1) is 6.04 Å². The van der Waals surface area contributed by atoms with Crippen LogP contribution >= 0.6 is 39.9 Å². The number of rotatable bonds is 9. The van der Waals surface area contributed by atoms with E-state index < -0.39 is 0 Å². The van der Waals surface area contributed by atoms with Crippen LogP contribution in [0.2, 0.25) is 0 Å². The Balaban J connectivity index is 0.00000625. The van der Waals surface area contributed by atoms with E-state index in [0.717, 1.165) is 29.6 Å². The van der Waals surface area contributed by atoms with Crippen molar-refractivity contribution >= 4 is 51.8 Å². The standard InChI is InChI=1S/C18H29BrN4O2.HI/c1-5-25-12-8-11-20-18(21-13-17(24)23(3)4)22-14(2)15-9-6-7-10-16(15)19;/h6-7,9-10,14H,5,8,11-13H2,1-4H3,(H2,20,21,22);1H. The maximum atomic E-state index is 11.8. The summed E-state index contributed by atoms with van der Waals surface area (Å²) in [4.78, 5) is 17.7. The number of likely N-dealkylation sites (N-methyl/N-ethyl adjacent to an activating group) is 1. The van der Waals surface area contributed by atoms with Gasteiger partial charge in [-0.2, -0.15) is 0 Å². The van der Waals surface area contributed by atoms with Crippen LogP contribution in [0.5, 0.6) is 0 Å². The normalized spacial score (nSPS) is 12.1. The number of ether oxygens (including phenoxy) is 1. The van der Waals surface area contributed by atoms with Crippen LogP contribution in [0, 0.1) is 0 Å². The Labute approximate surface area is 182 Å². The molecule has 148 valence electrons. The molecule has 1 unspecified atom stereocenters. The molecule has 1 amide bonds. The molecule has 0 radical (unpaired) electrons. The molecule has 0 heterocycles. The number of hydrogen-bond acceptors (Lipinski definition) is 3. The molecule has 0 saturated heterocycles. The molecule has 2 N–H and O–H groups in total. The van der Waals surface area contributed by atoms with Crippen LogP contribution in [0.1, 0.15) is 31.9 Å². The Bertz CT molecular complexity index is 570. The first-order chi connectivity index (χ1) is 12.0. The van der Waals surface area contributed by atoms with Crippen molar-refractivity contribution in [2.75, 3.05) is 40.4 Å². The number of benzene rings is 1. The summed E-state index contributed by atoms with van der Waals surface area (Å²) in [6, 6.07) is 8.09. The number of nitrogens with one attached hydrogen (secondary N) is 2. The fraction of sp³-hybridized carbons (Fsp3) is 0.556. The van der Waals surface area contributed by atoms with E-state index in [2.05, 4.69) is 44.5 Å². The molecule has 0 aliphatic rings. The highest BCUT2D eigenvalue weighted by Gasteiger charge is 2.11. The molecule has 1 rings (SSSR count). The van der Waals surface area contributed by atoms with E-state index in [1.54, 1.807) is 14.1 Å². The van der Waals surface area contributed by atoms with Gasteiger partial charge in [0.25, 0.3) is 0 Å². The van der Waals surface area contributed by atoms with Gasteiger partial charge < -0.3 is 20.3 Å². The Morgan fingerprint density at radius 1 is 1.35 bits per heavy atom. The number of nitrogens with zero attached hydrogens (tertiary/aromatic N) is 2. The molecule has 0 bridgehead atoms. The van der Waals surface area contributed by atoms with Crippen LogP contribution in [-0.4, -0.2) is 57.2 Å². The highest BCUT2D eigenvalue weighted by atomic mass is 127. The van der Waals surface area contributed by atoms with Gasteiger partial charge in [0, 0.05) is 38.3 Å². The second-order valence-electron chi connectivity index (χ2n) is 5.82. The minimum absolute atomic E-state index is 0. The van der Waals surface area contributed by atoms with Crippen LogP contribution in [0.4, 0.5) is 0 Å². The third-order valence-electron chi connectivity index (χ3n) is 3.56. The Morgan fingerprint density at radius 3 is 2.65 bits per heavy atom. The summed E-state index contributed by atoms with van der Waals surface area (Å²) in [5, 5.41) is 6.62. The van der Waals surface area contributed by atoms with Gasteiger partial charge in [0.1, 0.15) is 6.54 Å². The average Bonchev–Trinajstić information content (AvgIpc) is 2.59. The van der Waals surface area contributed by atoms with Gasteiger partial charge in [-0.3, -0.25) is 4.79 Å². The number of hydrogen-bond donors (Lipinski definition) is 2. The molecule has 0 spiro atoms. The molecule has 0 aromatic heterocycles. The zero-order valence-electron chi connectivity index (χ0n) is 15.9. The molecular weight excluding hydrogens is 511 g/mol. The van der Waals surface area contributed by atoms with Crippen molar-refractivity contribution in [3.63, 3.8) is 0 Å². The van der Waals surface area contributed by atoms with Gasteiger partial charge in [0.15, 0.2) is 5.96 Å². The number of carbonyl (C=O) groups excluding carboxylic acids is 1. The molecule has 1 atom stereocenters. The molecule has 0 saturated carbocycles. The number of aliphatic imine (C=N–C) groups is 1. The quantitative estimate of drug-likeness (QED) is 0.218. The summed E-state index contributed by atoms with van der Waals surface area (Å²) in [5.41, 5.74) is 1.13. The van der Waals surface area contributed by atoms with E-state index in [4.69, 9.17) is 4.74 Å². The SMILES string of the molecule is CCOCCCNC(=NCC(=O)N(C)C)NC(C)c1ccccc1Br.I. The van der Waals surface area contributed by atoms with Crippen molar-refractivity contribution < 1.29 is 9.53 Å². The summed E-state index contributed by atoms with van der Waals surface area (Å²) in [6.45, 7) is 6.29. The minimum Gasteiger partial charge on any atom is -0.382 e. The van der Waals surface area contributed by atoms with Gasteiger partial charge in [-0.05, 0) is 31.9 Å². The Kier molecular flexibility index (Phi) is 13.7. The summed E-state index contributed by atoms with van der Waals surface area (Å²) in [6.07, 6.45) is 0.875. The van der Waals surface area contributed by atoms with E-state index in [9.17, 15) is 4.79 Å². The first kappa shape index (κ1) is 25.1. The first-order valence-electron chi connectivity index (χ1n) is 8.52. The van der Waals surface area contributed by atoms with Crippen molar-refractivity contribution in [1.29, 1.82) is 0 Å². The van der Waals surface area contributed by atoms with Crippen molar-refractivity contribution in [1.82, 2.24) is 15.5 Å². The van der Waals surface area contributed by atoms with Gasteiger partial charge in [0.2, 0.25) is 5.91 Å². The van der Waals surface area contributed by atoms with Crippen LogP contribution in [-0.2, 0) is 9.53 Å². The lowest BCUT2D eigenvalue weighted by molar-refractivity contribution is -0.127. The highest BCUT2D eigenvalue weighted by molar-refractivity contribution is 14.0. The Morgan fingerprint density at radius 2 is 2.04 bits per heavy atom. The van der Waals surface area contributed by atoms with Crippen molar-refractivity contribution in [3.05, 3.63) is 34.3 Å². The maximum absolute atomic E-state index is 11.8. The lowest BCUT2D eigenvalue weighted by Gasteiger charge is -2.20. The summed E-state index contributed by atoms with van der Waals surface area (Å²) in [5.74, 6) is 0.582. The maximum Gasteiger partial charge on any atom is 0.243 e. The number of amides is 1. The molecule has 6 nitrogen and oxygen atoms in total. The average molecular weight is 541 g/mol. The van der Waals surface area contributed by atoms with Gasteiger partial charge in [-0.1, -0.05) is 34.1 Å². The lowest BCUT2D eigenvalue weighted by Crippen LogP contribution is -2.40. The number of guanidine groups is 1. The fourth-order valence-corrected chi connectivity index (χ4v) is 2.70. The summed E-state index contributed by atoms with van der Waals surface area (Å²) in [7, 11) is 3.45. The molecule has 1 aromatic carbocycles. The largest absolute Gasteiger partial charge is 0.382 e. The molecule has 8 heteroatoms. The molecule has 0 aliphatic carbocycles. The third-order valence-corrected chi connectivity index (χ3v) is 4.28. The first-order valence-corrected chi connectivity index (χ1v) is 9.32. The van der Waals surface area contributed by atoms with E-state index in [1.165, 1.54) is 4.90 Å². The van der Waals surface area contributed by atoms with E-state index in [0.29, 0.717) is 12.6 Å². The van der Waals surface area contributed by atoms with Crippen molar-refractivity contribution in [2.24, 2.45) is 4.99 Å². The number of carbonyl (C=O) groups is 1. The highest BCUT2D eigenvalue weighted by Crippen LogP contribution is 2.22. The monoisotopic (exact) mass is 540 g/mol. The van der Waals surface area contributed by atoms with Gasteiger partial charge in [-0.25, -0.2) is 4.99 Å². The van der Waals surface area contributed by atoms with Crippen molar-refractivity contribution in [3.8, 4) is 0 Å². The molecule has 26 heavy (non-hydrogen) atoms. The fourth-order valence-electron chi connectivity index (χ4n) is 2.08. The molecule has 1 aromatic rings. The predicted molar refractivity (Wildman–Crippen MR) is 121 cm³/mol. The summed E-state index contributed by atoms with van der Waals surface area (Å²) >= 11 is 3.57. The van der Waals surface area contributed by atoms with Gasteiger partial charge >= 0.3 is 0 Å². The zero-order chi connectivity index (χ0) is 18.7. The summed E-state index contributed by atoms with van der Waals surface area (Å²) < 4.78 is 6.38. The minimum atomic E-state index is -0.0380. The second kappa shape index (κ2) is 14.2. The van der Waals surface area contributed by atoms with Crippen LogP contribution in [0.15, 0.2) is 33.7 Å². The third kappa shape index (κ3) is 9.72. The van der Waals surface area contributed by atoms with Gasteiger partial charge in [-0.15, -0.1) is 24.0 Å². The Hall–Kier alpha value is -0.870. The van der Waals surface area contributed by atoms with Crippen LogP contribution in [0.3, 0.4) is 0 Å². The molecule has 0 fully saturated rings. The van der Waals surface area contributed by atoms with Crippen LogP contribution < -0.4 is 10.6 Å². The molecular formula is C18H30BrIN4O2. The van der Waals surface area contributed by atoms with E-state index in [-0.39, 0.29) is 42.5 Å². The van der Waals surface area contributed by atoms with Crippen LogP contribution in [0.25, 0.3) is 0 Å². The van der Waals surface area contributed by atoms with Crippen molar-refractivity contribution in [2.45, 2.75) is 26.3 Å². The molecule has 0 aliphatic heterocycles. The topological polar surface area (TPSA) is 66.0 Å². The van der Waals surface area contributed by atoms with E-state index in [1.807, 2.05) is 25.1 Å². The smallest absolute Gasteiger partial charge is 0.243 e. The second-order valence-corrected chi connectivity index (χ2v) is 6.67. The lowest BCUT2D eigenvalue weighted by atomic mass is 10.1. The zero-order valence-corrected chi connectivity index (χ0v) is 19.8. The predicted octanol–water partition coefficient (Wildman–Crippen LogP) is 3.18.